The van der Waals surface area contributed by atoms with Gasteiger partial charge in [-0.2, -0.15) is 4.98 Å². The summed E-state index contributed by atoms with van der Waals surface area (Å²) in [5, 5.41) is 9.96. The van der Waals surface area contributed by atoms with Crippen molar-refractivity contribution >= 4 is 11.9 Å². The van der Waals surface area contributed by atoms with E-state index in [1.54, 1.807) is 14.0 Å². The second-order valence-electron chi connectivity index (χ2n) is 6.40. The predicted molar refractivity (Wildman–Crippen MR) is 83.0 cm³/mol. The molecular weight excluding hydrogens is 314 g/mol. The normalized spacial score (nSPS) is 25.3. The molecule has 2 saturated heterocycles. The molecule has 132 valence electrons. The average molecular weight is 337 g/mol. The fourth-order valence-electron chi connectivity index (χ4n) is 3.32. The zero-order valence-corrected chi connectivity index (χ0v) is 14.0. The summed E-state index contributed by atoms with van der Waals surface area (Å²) < 4.78 is 10.1. The van der Waals surface area contributed by atoms with Crippen molar-refractivity contribution in [3.63, 3.8) is 0 Å². The standard InChI is InChI=1S/C15H23N5O4/c1-15(10-3-6-16-7-4-10)13(21)20(14(22)18-15)9-12-17-11(19-24-12)5-8-23-2/h10,16H,3-9H2,1-2H3,(H,18,22). The van der Waals surface area contributed by atoms with E-state index in [1.165, 1.54) is 0 Å². The number of nitrogens with zero attached hydrogens (tertiary/aromatic N) is 3. The SMILES string of the molecule is COCCc1noc(CN2C(=O)NC(C)(C3CCNCC3)C2=O)n1. The highest BCUT2D eigenvalue weighted by molar-refractivity contribution is 6.06. The van der Waals surface area contributed by atoms with Crippen LogP contribution in [0.25, 0.3) is 0 Å². The molecule has 0 saturated carbocycles. The summed E-state index contributed by atoms with van der Waals surface area (Å²) in [5.74, 6) is 0.648. The first-order valence-electron chi connectivity index (χ1n) is 8.20. The Hall–Kier alpha value is -2.00. The van der Waals surface area contributed by atoms with Crippen LogP contribution in [0.2, 0.25) is 0 Å². The van der Waals surface area contributed by atoms with Crippen molar-refractivity contribution in [3.05, 3.63) is 11.7 Å². The third-order valence-corrected chi connectivity index (χ3v) is 4.79. The molecule has 0 aliphatic carbocycles. The van der Waals surface area contributed by atoms with Crippen molar-refractivity contribution in [1.29, 1.82) is 0 Å². The van der Waals surface area contributed by atoms with Gasteiger partial charge in [-0.05, 0) is 38.8 Å². The van der Waals surface area contributed by atoms with Crippen LogP contribution in [0.1, 0.15) is 31.5 Å². The van der Waals surface area contributed by atoms with Crippen LogP contribution < -0.4 is 10.6 Å². The summed E-state index contributed by atoms with van der Waals surface area (Å²) in [6.45, 7) is 3.99. The van der Waals surface area contributed by atoms with Crippen LogP contribution in [0.3, 0.4) is 0 Å². The molecule has 3 amide bonds. The molecule has 2 fully saturated rings. The number of imide groups is 1. The van der Waals surface area contributed by atoms with Gasteiger partial charge in [0.05, 0.1) is 6.61 Å². The second-order valence-corrected chi connectivity index (χ2v) is 6.40. The third-order valence-electron chi connectivity index (χ3n) is 4.79. The van der Waals surface area contributed by atoms with Crippen LogP contribution in [0, 0.1) is 5.92 Å². The van der Waals surface area contributed by atoms with Gasteiger partial charge in [0, 0.05) is 13.5 Å². The lowest BCUT2D eigenvalue weighted by Gasteiger charge is -2.34. The van der Waals surface area contributed by atoms with Crippen LogP contribution in [-0.2, 0) is 22.5 Å². The average Bonchev–Trinajstić information content (AvgIpc) is 3.13. The van der Waals surface area contributed by atoms with E-state index in [-0.39, 0.29) is 24.3 Å². The Morgan fingerprint density at radius 3 is 2.83 bits per heavy atom. The number of ether oxygens (including phenoxy) is 1. The van der Waals surface area contributed by atoms with Gasteiger partial charge in [0.25, 0.3) is 5.91 Å². The van der Waals surface area contributed by atoms with Crippen LogP contribution in [0.5, 0.6) is 0 Å². The number of rotatable bonds is 6. The van der Waals surface area contributed by atoms with Gasteiger partial charge in [0.15, 0.2) is 5.82 Å². The fraction of sp³-hybridized carbons (Fsp3) is 0.733. The minimum Gasteiger partial charge on any atom is -0.384 e. The quantitative estimate of drug-likeness (QED) is 0.707. The molecule has 2 aliphatic heterocycles. The highest BCUT2D eigenvalue weighted by Gasteiger charge is 2.52. The lowest BCUT2D eigenvalue weighted by molar-refractivity contribution is -0.133. The number of piperidine rings is 1. The number of aromatic nitrogens is 2. The van der Waals surface area contributed by atoms with E-state index in [9.17, 15) is 9.59 Å². The van der Waals surface area contributed by atoms with Crippen LogP contribution >= 0.6 is 0 Å². The summed E-state index contributed by atoms with van der Waals surface area (Å²) in [7, 11) is 1.59. The van der Waals surface area contributed by atoms with Crippen molar-refractivity contribution in [2.24, 2.45) is 5.92 Å². The molecule has 24 heavy (non-hydrogen) atoms. The smallest absolute Gasteiger partial charge is 0.325 e. The molecule has 0 aromatic carbocycles. The number of amides is 3. The Morgan fingerprint density at radius 2 is 2.12 bits per heavy atom. The first-order chi connectivity index (χ1) is 11.5. The van der Waals surface area contributed by atoms with E-state index in [1.807, 2.05) is 0 Å². The second kappa shape index (κ2) is 6.86. The van der Waals surface area contributed by atoms with Crippen LogP contribution in [0.15, 0.2) is 4.52 Å². The van der Waals surface area contributed by atoms with Crippen molar-refractivity contribution in [2.45, 2.75) is 38.3 Å². The number of urea groups is 1. The lowest BCUT2D eigenvalue weighted by atomic mass is 9.79. The van der Waals surface area contributed by atoms with Gasteiger partial charge in [-0.1, -0.05) is 5.16 Å². The van der Waals surface area contributed by atoms with Crippen molar-refractivity contribution < 1.29 is 18.8 Å². The Labute approximate surface area is 140 Å². The monoisotopic (exact) mass is 337 g/mol. The van der Waals surface area contributed by atoms with Gasteiger partial charge in [-0.3, -0.25) is 9.69 Å². The van der Waals surface area contributed by atoms with Gasteiger partial charge in [-0.25, -0.2) is 4.79 Å². The molecule has 1 unspecified atom stereocenters. The lowest BCUT2D eigenvalue weighted by Crippen LogP contribution is -2.53. The zero-order valence-electron chi connectivity index (χ0n) is 14.0. The Kier molecular flexibility index (Phi) is 4.81. The van der Waals surface area contributed by atoms with Crippen molar-refractivity contribution in [1.82, 2.24) is 25.7 Å². The minimum absolute atomic E-state index is 0.00872. The first kappa shape index (κ1) is 16.8. The molecule has 9 heteroatoms. The van der Waals surface area contributed by atoms with E-state index in [0.29, 0.717) is 18.9 Å². The van der Waals surface area contributed by atoms with Gasteiger partial charge >= 0.3 is 6.03 Å². The van der Waals surface area contributed by atoms with Gasteiger partial charge in [0.2, 0.25) is 5.89 Å². The zero-order chi connectivity index (χ0) is 17.2. The van der Waals surface area contributed by atoms with Gasteiger partial charge in [-0.15, -0.1) is 0 Å². The molecular formula is C15H23N5O4. The molecule has 0 radical (unpaired) electrons. The minimum atomic E-state index is -0.863. The molecule has 3 rings (SSSR count). The summed E-state index contributed by atoms with van der Waals surface area (Å²) in [4.78, 5) is 30.5. The Bertz CT molecular complexity index is 613. The van der Waals surface area contributed by atoms with Gasteiger partial charge < -0.3 is 19.9 Å². The Balaban J connectivity index is 1.68. The largest absolute Gasteiger partial charge is 0.384 e. The summed E-state index contributed by atoms with van der Waals surface area (Å²) in [6, 6.07) is -0.405. The number of hydrogen-bond acceptors (Lipinski definition) is 7. The van der Waals surface area contributed by atoms with Crippen LogP contribution in [0.4, 0.5) is 4.79 Å². The molecule has 2 N–H and O–H groups in total. The maximum absolute atomic E-state index is 12.8. The maximum atomic E-state index is 12.8. The molecule has 3 heterocycles. The molecule has 0 bridgehead atoms. The molecule has 1 aromatic heterocycles. The highest BCUT2D eigenvalue weighted by atomic mass is 16.5. The fourth-order valence-corrected chi connectivity index (χ4v) is 3.32. The predicted octanol–water partition coefficient (Wildman–Crippen LogP) is 0.0686. The first-order valence-corrected chi connectivity index (χ1v) is 8.20. The van der Waals surface area contributed by atoms with E-state index in [4.69, 9.17) is 9.26 Å². The number of carbonyl (C=O) groups is 2. The van der Waals surface area contributed by atoms with Crippen LogP contribution in [-0.4, -0.2) is 59.3 Å². The van der Waals surface area contributed by atoms with E-state index >= 15 is 0 Å². The summed E-state index contributed by atoms with van der Waals surface area (Å²) in [6.07, 6.45) is 2.24. The van der Waals surface area contributed by atoms with Crippen molar-refractivity contribution in [3.8, 4) is 0 Å². The number of methoxy groups -OCH3 is 1. The number of nitrogens with one attached hydrogen (secondary N) is 2. The molecule has 1 aromatic rings. The molecule has 9 nitrogen and oxygen atoms in total. The van der Waals surface area contributed by atoms with Crippen molar-refractivity contribution in [2.75, 3.05) is 26.8 Å². The third kappa shape index (κ3) is 3.13. The Morgan fingerprint density at radius 1 is 1.38 bits per heavy atom. The molecule has 1 atom stereocenters. The number of hydrogen-bond donors (Lipinski definition) is 2. The highest BCUT2D eigenvalue weighted by Crippen LogP contribution is 2.32. The maximum Gasteiger partial charge on any atom is 0.325 e. The number of carbonyl (C=O) groups excluding carboxylic acids is 2. The van der Waals surface area contributed by atoms with E-state index in [0.717, 1.165) is 30.8 Å². The molecule has 2 aliphatic rings. The van der Waals surface area contributed by atoms with E-state index in [2.05, 4.69) is 20.8 Å². The van der Waals surface area contributed by atoms with E-state index < -0.39 is 11.6 Å². The van der Waals surface area contributed by atoms with Gasteiger partial charge in [0.1, 0.15) is 12.1 Å². The summed E-state index contributed by atoms with van der Waals surface area (Å²) >= 11 is 0. The molecule has 0 spiro atoms. The topological polar surface area (TPSA) is 110 Å². The summed E-state index contributed by atoms with van der Waals surface area (Å²) in [5.41, 5.74) is -0.863.